The molecule has 0 aliphatic heterocycles. The van der Waals surface area contributed by atoms with Crippen LogP contribution in [0.4, 0.5) is 0 Å². The molecule has 0 spiro atoms. The molecule has 0 fully saturated rings. The molecule has 0 aliphatic carbocycles. The molecular weight excluding hydrogens is 250 g/mol. The molecule has 2 heterocycles. The van der Waals surface area contributed by atoms with Crippen LogP contribution in [-0.4, -0.2) is 33.0 Å². The van der Waals surface area contributed by atoms with E-state index < -0.39 is 0 Å². The Kier molecular flexibility index (Phi) is 5.12. The summed E-state index contributed by atoms with van der Waals surface area (Å²) < 4.78 is 0. The third kappa shape index (κ3) is 3.57. The molecule has 5 nitrogen and oxygen atoms in total. The normalized spacial score (nSPS) is 10.8. The smallest absolute Gasteiger partial charge is 0.198 e. The van der Waals surface area contributed by atoms with Gasteiger partial charge in [-0.05, 0) is 51.4 Å². The maximum Gasteiger partial charge on any atom is 0.198 e. The molecule has 0 amide bonds. The highest BCUT2D eigenvalue weighted by Crippen LogP contribution is 2.16. The number of hydrogen-bond donors (Lipinski definition) is 1. The minimum absolute atomic E-state index is 0.581. The number of rotatable bonds is 6. The molecule has 0 unspecified atom stereocenters. The molecule has 106 valence electrons. The quantitative estimate of drug-likeness (QED) is 0.815. The minimum Gasteiger partial charge on any atom is -0.317 e. The maximum atomic E-state index is 4.55. The summed E-state index contributed by atoms with van der Waals surface area (Å²) in [5.41, 5.74) is 3.29. The summed E-state index contributed by atoms with van der Waals surface area (Å²) in [5, 5.41) is 3.33. The molecular formula is C15H21N5. The summed E-state index contributed by atoms with van der Waals surface area (Å²) in [6.07, 6.45) is 5.52. The first-order chi connectivity index (χ1) is 9.72. The monoisotopic (exact) mass is 271 g/mol. The van der Waals surface area contributed by atoms with Crippen LogP contribution in [0.2, 0.25) is 0 Å². The van der Waals surface area contributed by atoms with Crippen LogP contribution in [-0.2, 0) is 6.42 Å². The lowest BCUT2D eigenvalue weighted by atomic mass is 10.1. The number of aryl methyl sites for hydroxylation is 2. The van der Waals surface area contributed by atoms with E-state index in [-0.39, 0.29) is 0 Å². The van der Waals surface area contributed by atoms with Crippen molar-refractivity contribution in [2.75, 3.05) is 13.1 Å². The van der Waals surface area contributed by atoms with Crippen LogP contribution in [0.15, 0.2) is 18.5 Å². The van der Waals surface area contributed by atoms with E-state index in [4.69, 9.17) is 0 Å². The van der Waals surface area contributed by atoms with E-state index in [1.54, 1.807) is 18.5 Å². The largest absolute Gasteiger partial charge is 0.317 e. The van der Waals surface area contributed by atoms with Crippen LogP contribution < -0.4 is 5.32 Å². The highest BCUT2D eigenvalue weighted by Gasteiger charge is 2.11. The third-order valence-electron chi connectivity index (χ3n) is 3.22. The Morgan fingerprint density at radius 2 is 1.65 bits per heavy atom. The van der Waals surface area contributed by atoms with Gasteiger partial charge in [-0.3, -0.25) is 0 Å². The Balaban J connectivity index is 2.17. The summed E-state index contributed by atoms with van der Waals surface area (Å²) in [6, 6.07) is 1.79. The van der Waals surface area contributed by atoms with Gasteiger partial charge in [0.05, 0.1) is 0 Å². The SMILES string of the molecule is CCNCCCc1c(C)nc(-c2ncccn2)nc1C. The van der Waals surface area contributed by atoms with Gasteiger partial charge in [-0.1, -0.05) is 6.92 Å². The number of aromatic nitrogens is 4. The first-order valence-corrected chi connectivity index (χ1v) is 7.04. The zero-order valence-electron chi connectivity index (χ0n) is 12.3. The van der Waals surface area contributed by atoms with Crippen molar-refractivity contribution in [1.29, 1.82) is 0 Å². The van der Waals surface area contributed by atoms with E-state index >= 15 is 0 Å². The fourth-order valence-corrected chi connectivity index (χ4v) is 2.18. The molecule has 0 bridgehead atoms. The Morgan fingerprint density at radius 1 is 1.00 bits per heavy atom. The molecule has 1 N–H and O–H groups in total. The third-order valence-corrected chi connectivity index (χ3v) is 3.22. The van der Waals surface area contributed by atoms with Gasteiger partial charge in [0.1, 0.15) is 0 Å². The lowest BCUT2D eigenvalue weighted by Crippen LogP contribution is -2.15. The van der Waals surface area contributed by atoms with Gasteiger partial charge in [-0.2, -0.15) is 0 Å². The Bertz CT molecular complexity index is 530. The van der Waals surface area contributed by atoms with Crippen molar-refractivity contribution in [3.8, 4) is 11.6 Å². The highest BCUT2D eigenvalue weighted by molar-refractivity contribution is 5.44. The minimum atomic E-state index is 0.581. The molecule has 5 heteroatoms. The summed E-state index contributed by atoms with van der Waals surface area (Å²) in [4.78, 5) is 17.5. The fraction of sp³-hybridized carbons (Fsp3) is 0.467. The van der Waals surface area contributed by atoms with E-state index in [2.05, 4.69) is 32.2 Å². The van der Waals surface area contributed by atoms with E-state index in [0.29, 0.717) is 11.6 Å². The number of nitrogens with zero attached hydrogens (tertiary/aromatic N) is 4. The van der Waals surface area contributed by atoms with E-state index in [1.165, 1.54) is 5.56 Å². The average molecular weight is 271 g/mol. The van der Waals surface area contributed by atoms with Crippen molar-refractivity contribution in [2.24, 2.45) is 0 Å². The van der Waals surface area contributed by atoms with Crippen LogP contribution in [0.1, 0.15) is 30.3 Å². The molecule has 0 atom stereocenters. The van der Waals surface area contributed by atoms with Gasteiger partial charge in [0, 0.05) is 23.8 Å². The van der Waals surface area contributed by atoms with Crippen LogP contribution >= 0.6 is 0 Å². The zero-order chi connectivity index (χ0) is 14.4. The lowest BCUT2D eigenvalue weighted by molar-refractivity contribution is 0.667. The Morgan fingerprint density at radius 3 is 2.25 bits per heavy atom. The lowest BCUT2D eigenvalue weighted by Gasteiger charge is -2.10. The maximum absolute atomic E-state index is 4.55. The molecule has 20 heavy (non-hydrogen) atoms. The first kappa shape index (κ1) is 14.5. The van der Waals surface area contributed by atoms with Crippen LogP contribution in [0, 0.1) is 13.8 Å². The zero-order valence-corrected chi connectivity index (χ0v) is 12.3. The summed E-state index contributed by atoms with van der Waals surface area (Å²) in [7, 11) is 0. The summed E-state index contributed by atoms with van der Waals surface area (Å²) >= 11 is 0. The molecule has 0 aromatic carbocycles. The molecule has 2 aromatic heterocycles. The number of hydrogen-bond acceptors (Lipinski definition) is 5. The van der Waals surface area contributed by atoms with Crippen LogP contribution in [0.3, 0.4) is 0 Å². The van der Waals surface area contributed by atoms with Crippen LogP contribution in [0.25, 0.3) is 11.6 Å². The predicted octanol–water partition coefficient (Wildman–Crippen LogP) is 2.09. The molecule has 0 saturated carbocycles. The average Bonchev–Trinajstić information content (AvgIpc) is 2.46. The molecule has 0 saturated heterocycles. The van der Waals surface area contributed by atoms with Crippen molar-refractivity contribution in [2.45, 2.75) is 33.6 Å². The van der Waals surface area contributed by atoms with Gasteiger partial charge in [0.25, 0.3) is 0 Å². The van der Waals surface area contributed by atoms with Crippen molar-refractivity contribution in [1.82, 2.24) is 25.3 Å². The van der Waals surface area contributed by atoms with Crippen molar-refractivity contribution in [3.05, 3.63) is 35.4 Å². The molecule has 0 radical (unpaired) electrons. The Labute approximate surface area is 119 Å². The van der Waals surface area contributed by atoms with Gasteiger partial charge < -0.3 is 5.32 Å². The van der Waals surface area contributed by atoms with Gasteiger partial charge in [-0.15, -0.1) is 0 Å². The van der Waals surface area contributed by atoms with Gasteiger partial charge in [-0.25, -0.2) is 19.9 Å². The Hall–Kier alpha value is -1.88. The van der Waals surface area contributed by atoms with Gasteiger partial charge in [0.15, 0.2) is 11.6 Å². The van der Waals surface area contributed by atoms with Crippen LogP contribution in [0.5, 0.6) is 0 Å². The van der Waals surface area contributed by atoms with E-state index in [9.17, 15) is 0 Å². The van der Waals surface area contributed by atoms with Crippen molar-refractivity contribution < 1.29 is 0 Å². The van der Waals surface area contributed by atoms with Gasteiger partial charge in [0.2, 0.25) is 0 Å². The second-order valence-electron chi connectivity index (χ2n) is 4.73. The second kappa shape index (κ2) is 7.05. The second-order valence-corrected chi connectivity index (χ2v) is 4.73. The van der Waals surface area contributed by atoms with Crippen molar-refractivity contribution >= 4 is 0 Å². The topological polar surface area (TPSA) is 63.6 Å². The molecule has 0 aliphatic rings. The standard InChI is InChI=1S/C15H21N5/c1-4-16-8-5-7-13-11(2)19-15(20-12(13)3)14-17-9-6-10-18-14/h6,9-10,16H,4-5,7-8H2,1-3H3. The van der Waals surface area contributed by atoms with E-state index in [0.717, 1.165) is 37.3 Å². The first-order valence-electron chi connectivity index (χ1n) is 7.04. The predicted molar refractivity (Wildman–Crippen MR) is 79.4 cm³/mol. The van der Waals surface area contributed by atoms with Crippen molar-refractivity contribution in [3.63, 3.8) is 0 Å². The van der Waals surface area contributed by atoms with Gasteiger partial charge >= 0.3 is 0 Å². The fourth-order valence-electron chi connectivity index (χ4n) is 2.18. The molecule has 2 aromatic rings. The molecule has 2 rings (SSSR count). The van der Waals surface area contributed by atoms with E-state index in [1.807, 2.05) is 13.8 Å². The summed E-state index contributed by atoms with van der Waals surface area (Å²) in [6.45, 7) is 8.22. The highest BCUT2D eigenvalue weighted by atomic mass is 15.0. The number of nitrogens with one attached hydrogen (secondary N) is 1. The summed E-state index contributed by atoms with van der Waals surface area (Å²) in [5.74, 6) is 1.19.